The van der Waals surface area contributed by atoms with Crippen LogP contribution < -0.4 is 10.5 Å². The van der Waals surface area contributed by atoms with Crippen LogP contribution in [0.2, 0.25) is 0 Å². The highest BCUT2D eigenvalue weighted by atomic mass is 16.5. The number of nitrogens with zero attached hydrogens (tertiary/aromatic N) is 2. The SMILES string of the molecule is CCC[C@@H]([C@H]1C[C@H](Cc2ccnc(N)c2)C[C@H]2C#C[C@H](c3ccccc3)c3c(cc(OC)c(O)c3CCc3ccccc3)CCC(=O)CC(=O)[C@@H]2C1)[C@H](O)CC1=C[C+](C(C)C)C=N1. The maximum absolute atomic E-state index is 14.8. The second kappa shape index (κ2) is 21.1. The number of carbonyl (C=O) groups is 2. The van der Waals surface area contributed by atoms with Crippen LogP contribution in [0.1, 0.15) is 111 Å². The van der Waals surface area contributed by atoms with E-state index in [-0.39, 0.29) is 53.8 Å². The maximum Gasteiger partial charge on any atom is 0.177 e. The van der Waals surface area contributed by atoms with Gasteiger partial charge in [-0.05, 0) is 129 Å². The minimum atomic E-state index is -0.648. The summed E-state index contributed by atoms with van der Waals surface area (Å²) < 4.78 is 5.76. The molecule has 63 heavy (non-hydrogen) atoms. The third kappa shape index (κ3) is 11.3. The van der Waals surface area contributed by atoms with E-state index >= 15 is 0 Å². The molecule has 3 aliphatic rings. The van der Waals surface area contributed by atoms with Gasteiger partial charge in [0.2, 0.25) is 0 Å². The first kappa shape index (κ1) is 45.4. The third-order valence-corrected chi connectivity index (χ3v) is 13.7. The van der Waals surface area contributed by atoms with Crippen molar-refractivity contribution in [3.63, 3.8) is 0 Å². The van der Waals surface area contributed by atoms with Gasteiger partial charge in [0.1, 0.15) is 35.6 Å². The van der Waals surface area contributed by atoms with Gasteiger partial charge in [-0.3, -0.25) is 9.59 Å². The van der Waals surface area contributed by atoms with Crippen LogP contribution in [0.5, 0.6) is 11.5 Å². The Hall–Kier alpha value is -5.65. The first-order valence-electron chi connectivity index (χ1n) is 23.1. The molecular weight excluding hydrogens is 783 g/mol. The molecule has 3 aromatic carbocycles. The van der Waals surface area contributed by atoms with Crippen molar-refractivity contribution in [2.24, 2.45) is 40.5 Å². The minimum Gasteiger partial charge on any atom is -0.504 e. The molecule has 0 bridgehead atoms. The Labute approximate surface area is 374 Å². The van der Waals surface area contributed by atoms with Crippen LogP contribution in [-0.2, 0) is 35.3 Å². The van der Waals surface area contributed by atoms with Crippen molar-refractivity contribution in [2.45, 2.75) is 110 Å². The average molecular weight is 847 g/mol. The average Bonchev–Trinajstić information content (AvgIpc) is 3.67. The van der Waals surface area contributed by atoms with Gasteiger partial charge in [-0.15, -0.1) is 4.99 Å². The van der Waals surface area contributed by atoms with Crippen LogP contribution >= 0.6 is 0 Å². The molecule has 0 unspecified atom stereocenters. The number of aryl methyl sites for hydroxylation is 2. The van der Waals surface area contributed by atoms with E-state index in [0.717, 1.165) is 70.7 Å². The molecule has 1 aromatic heterocycles. The highest BCUT2D eigenvalue weighted by Crippen LogP contribution is 2.46. The summed E-state index contributed by atoms with van der Waals surface area (Å²) in [6.45, 7) is 6.45. The molecule has 328 valence electrons. The van der Waals surface area contributed by atoms with Crippen LogP contribution in [0.15, 0.2) is 102 Å². The van der Waals surface area contributed by atoms with E-state index in [1.165, 1.54) is 0 Å². The second-order valence-corrected chi connectivity index (χ2v) is 18.4. The van der Waals surface area contributed by atoms with E-state index in [9.17, 15) is 19.8 Å². The summed E-state index contributed by atoms with van der Waals surface area (Å²) >= 11 is 0. The van der Waals surface area contributed by atoms with Gasteiger partial charge in [-0.1, -0.05) is 85.8 Å². The molecule has 4 aromatic rings. The van der Waals surface area contributed by atoms with E-state index in [2.05, 4.69) is 67.9 Å². The Bertz CT molecular complexity index is 2330. The Morgan fingerprint density at radius 2 is 1.70 bits per heavy atom. The first-order valence-corrected chi connectivity index (χ1v) is 23.1. The minimum absolute atomic E-state index is 0.00655. The molecule has 0 amide bonds. The number of Topliss-reactive ketones (excluding diaryl/α,β-unsaturated/α-hetero) is 2. The molecule has 1 fully saturated rings. The van der Waals surface area contributed by atoms with E-state index in [1.807, 2.05) is 60.8 Å². The normalized spacial score (nSPS) is 22.4. The fraction of sp³-hybridized carbons (Fsp3) is 0.436. The number of hydrogen-bond donors (Lipinski definition) is 3. The summed E-state index contributed by atoms with van der Waals surface area (Å²) in [7, 11) is 1.55. The second-order valence-electron chi connectivity index (χ2n) is 18.4. The highest BCUT2D eigenvalue weighted by Gasteiger charge is 2.42. The molecule has 2 aliphatic carbocycles. The number of phenolic OH excluding ortho intramolecular Hbond substituents is 1. The summed E-state index contributed by atoms with van der Waals surface area (Å²) in [6.07, 6.45) is 11.6. The van der Waals surface area contributed by atoms with Crippen molar-refractivity contribution >= 4 is 23.6 Å². The fourth-order valence-corrected chi connectivity index (χ4v) is 10.4. The molecule has 0 radical (unpaired) electrons. The van der Waals surface area contributed by atoms with Gasteiger partial charge in [0.25, 0.3) is 0 Å². The lowest BCUT2D eigenvalue weighted by Crippen LogP contribution is -2.32. The zero-order chi connectivity index (χ0) is 44.5. The number of fused-ring (bicyclic) bond motifs is 2. The molecule has 0 saturated heterocycles. The Balaban J connectivity index is 1.34. The summed E-state index contributed by atoms with van der Waals surface area (Å²) in [4.78, 5) is 37.8. The van der Waals surface area contributed by atoms with Gasteiger partial charge in [-0.2, -0.15) is 0 Å². The van der Waals surface area contributed by atoms with Crippen LogP contribution in [0.25, 0.3) is 0 Å². The lowest BCUT2D eigenvalue weighted by atomic mass is 9.73. The predicted molar refractivity (Wildman–Crippen MR) is 251 cm³/mol. The molecule has 1 saturated carbocycles. The molecule has 0 spiro atoms. The molecule has 2 heterocycles. The molecule has 1 aliphatic heterocycles. The summed E-state index contributed by atoms with van der Waals surface area (Å²) in [5.74, 6) is 8.54. The first-order chi connectivity index (χ1) is 30.5. The van der Waals surface area contributed by atoms with Gasteiger partial charge in [0.05, 0.1) is 32.0 Å². The number of allylic oxidation sites excluding steroid dienone is 1. The molecule has 7 rings (SSSR count). The highest BCUT2D eigenvalue weighted by molar-refractivity contribution is 6.00. The number of methoxy groups -OCH3 is 1. The van der Waals surface area contributed by atoms with Crippen molar-refractivity contribution < 1.29 is 24.5 Å². The number of aromatic hydroxyl groups is 1. The zero-order valence-corrected chi connectivity index (χ0v) is 37.4. The summed E-state index contributed by atoms with van der Waals surface area (Å²) in [6, 6.07) is 26.2. The van der Waals surface area contributed by atoms with E-state index in [4.69, 9.17) is 15.5 Å². The van der Waals surface area contributed by atoms with Gasteiger partial charge in [0.15, 0.2) is 17.2 Å². The predicted octanol–water partition coefficient (Wildman–Crippen LogP) is 10.0. The molecule has 7 atom stereocenters. The van der Waals surface area contributed by atoms with Crippen LogP contribution in [0.4, 0.5) is 5.82 Å². The summed E-state index contributed by atoms with van der Waals surface area (Å²) in [5, 5.41) is 24.1. The molecule has 4 N–H and O–H groups in total. The quantitative estimate of drug-likeness (QED) is 0.0653. The monoisotopic (exact) mass is 846 g/mol. The third-order valence-electron chi connectivity index (χ3n) is 13.7. The number of aromatic nitrogens is 1. The number of benzene rings is 3. The van der Waals surface area contributed by atoms with Crippen molar-refractivity contribution in [3.05, 3.63) is 136 Å². The molecule has 8 heteroatoms. The number of nitrogens with two attached hydrogens (primary N) is 1. The smallest absolute Gasteiger partial charge is 0.177 e. The van der Waals surface area contributed by atoms with Gasteiger partial charge in [0, 0.05) is 35.9 Å². The van der Waals surface area contributed by atoms with Crippen LogP contribution in [0, 0.1) is 53.3 Å². The number of rotatable bonds is 14. The fourth-order valence-electron chi connectivity index (χ4n) is 10.4. The number of ether oxygens (including phenoxy) is 1. The number of phenols is 1. The van der Waals surface area contributed by atoms with Crippen molar-refractivity contribution in [1.82, 2.24) is 4.98 Å². The Morgan fingerprint density at radius 3 is 2.40 bits per heavy atom. The summed E-state index contributed by atoms with van der Waals surface area (Å²) in [5.41, 5.74) is 12.9. The largest absolute Gasteiger partial charge is 0.504 e. The van der Waals surface area contributed by atoms with E-state index in [1.54, 1.807) is 13.3 Å². The zero-order valence-electron chi connectivity index (χ0n) is 37.4. The number of nitrogen functional groups attached to an aromatic ring is 1. The van der Waals surface area contributed by atoms with E-state index < -0.39 is 17.9 Å². The molecular formula is C55H64N3O5+. The van der Waals surface area contributed by atoms with Crippen molar-refractivity contribution in [1.29, 1.82) is 0 Å². The van der Waals surface area contributed by atoms with Crippen LogP contribution in [-0.4, -0.2) is 46.2 Å². The number of ketones is 2. The molecule has 8 nitrogen and oxygen atoms in total. The number of hydrogen-bond acceptors (Lipinski definition) is 8. The standard InChI is InChI=1S/C55H63N3O5/c1-5-12-46(50(60)32-44-29-43(34-58-44)35(2)3)42-27-38(25-37-23-24-57-53(56)28-37)26-40-19-22-47(39-15-10-7-11-16-39)54-41(18-20-45(59)33-51(61)49(40)30-42)31-52(63-4)55(62)48(54)21-17-36-13-8-6-9-14-36/h6-11,13-16,23-24,28-29,31,34-35,38,40,42,46-47,49-50,60H,5,12,17-18,20-21,25-27,30,32-33H2,1-4H3,(H2-,56,57,62)/p+1/t38-,40-,42+,46+,47-,49-,50-/m1/s1. The number of aliphatic imine (C=N–C) groups is 1. The maximum atomic E-state index is 14.8. The Kier molecular flexibility index (Phi) is 15.2. The number of carbonyl (C=O) groups excluding carboxylic acids is 2. The van der Waals surface area contributed by atoms with Gasteiger partial charge < -0.3 is 20.7 Å². The number of anilines is 1. The number of aliphatic hydroxyl groups is 1. The topological polar surface area (TPSA) is 135 Å². The van der Waals surface area contributed by atoms with Gasteiger partial charge in [-0.25, -0.2) is 4.98 Å². The number of pyridine rings is 1. The lowest BCUT2D eigenvalue weighted by Gasteiger charge is -2.32. The number of aliphatic hydroxyl groups excluding tert-OH is 1. The van der Waals surface area contributed by atoms with Crippen molar-refractivity contribution in [2.75, 3.05) is 12.8 Å². The van der Waals surface area contributed by atoms with Crippen LogP contribution in [0.3, 0.4) is 0 Å². The lowest BCUT2D eigenvalue weighted by molar-refractivity contribution is -0.130. The van der Waals surface area contributed by atoms with Crippen molar-refractivity contribution in [3.8, 4) is 23.3 Å². The van der Waals surface area contributed by atoms with Gasteiger partial charge >= 0.3 is 0 Å². The Morgan fingerprint density at radius 1 is 0.937 bits per heavy atom. The van der Waals surface area contributed by atoms with E-state index in [0.29, 0.717) is 56.0 Å².